The highest BCUT2D eigenvalue weighted by Gasteiger charge is 2.22. The fraction of sp³-hybridized carbons (Fsp3) is 0.467. The van der Waals surface area contributed by atoms with Gasteiger partial charge < -0.3 is 4.90 Å². The number of carbonyl (C=O) groups excluding carboxylic acids is 2. The fourth-order valence-electron chi connectivity index (χ4n) is 2.46. The van der Waals surface area contributed by atoms with Crippen LogP contribution in [0.3, 0.4) is 0 Å². The van der Waals surface area contributed by atoms with Gasteiger partial charge in [0.2, 0.25) is 5.91 Å². The first-order chi connectivity index (χ1) is 9.17. The first-order valence-electron chi connectivity index (χ1n) is 6.69. The van der Waals surface area contributed by atoms with Crippen LogP contribution in [0.15, 0.2) is 18.2 Å². The lowest BCUT2D eigenvalue weighted by Gasteiger charge is -2.29. The van der Waals surface area contributed by atoms with Crippen LogP contribution in [0, 0.1) is 0 Å². The third-order valence-corrected chi connectivity index (χ3v) is 3.92. The van der Waals surface area contributed by atoms with Crippen molar-refractivity contribution in [3.8, 4) is 0 Å². The monoisotopic (exact) mass is 323 g/mol. The van der Waals surface area contributed by atoms with E-state index < -0.39 is 0 Å². The number of carbonyl (C=O) groups is 2. The van der Waals surface area contributed by atoms with Crippen LogP contribution in [0.25, 0.3) is 0 Å². The number of benzene rings is 1. The van der Waals surface area contributed by atoms with E-state index in [2.05, 4.69) is 15.9 Å². The average molecular weight is 324 g/mol. The predicted molar refractivity (Wildman–Crippen MR) is 80.1 cm³/mol. The summed E-state index contributed by atoms with van der Waals surface area (Å²) in [4.78, 5) is 25.6. The Bertz CT molecular complexity index is 499. The van der Waals surface area contributed by atoms with E-state index in [1.807, 2.05) is 30.0 Å². The highest BCUT2D eigenvalue weighted by molar-refractivity contribution is 9.09. The van der Waals surface area contributed by atoms with Crippen molar-refractivity contribution in [3.63, 3.8) is 0 Å². The summed E-state index contributed by atoms with van der Waals surface area (Å²) in [6.45, 7) is 2.80. The number of rotatable bonds is 4. The van der Waals surface area contributed by atoms with Gasteiger partial charge in [0.25, 0.3) is 0 Å². The molecule has 0 atom stereocenters. The number of hydrogen-bond acceptors (Lipinski definition) is 2. The molecule has 3 nitrogen and oxygen atoms in total. The van der Waals surface area contributed by atoms with E-state index in [1.165, 1.54) is 0 Å². The van der Waals surface area contributed by atoms with Gasteiger partial charge in [0.05, 0.1) is 5.33 Å². The number of hydrogen-bond donors (Lipinski definition) is 0. The lowest BCUT2D eigenvalue weighted by Crippen LogP contribution is -2.35. The molecule has 0 aromatic heterocycles. The Hall–Kier alpha value is -1.16. The Morgan fingerprint density at radius 2 is 2.16 bits per heavy atom. The van der Waals surface area contributed by atoms with Gasteiger partial charge >= 0.3 is 0 Å². The minimum atomic E-state index is 0.0832. The van der Waals surface area contributed by atoms with Crippen molar-refractivity contribution in [2.24, 2.45) is 0 Å². The molecule has 2 rings (SSSR count). The first kappa shape index (κ1) is 14.3. The molecule has 19 heavy (non-hydrogen) atoms. The molecule has 102 valence electrons. The van der Waals surface area contributed by atoms with E-state index in [1.54, 1.807) is 0 Å². The minimum absolute atomic E-state index is 0.0832. The third kappa shape index (κ3) is 3.06. The summed E-state index contributed by atoms with van der Waals surface area (Å²) >= 11 is 3.19. The Balaban J connectivity index is 2.30. The van der Waals surface area contributed by atoms with Crippen LogP contribution in [0.4, 0.5) is 5.69 Å². The van der Waals surface area contributed by atoms with Crippen molar-refractivity contribution in [3.05, 3.63) is 29.3 Å². The number of amides is 1. The van der Waals surface area contributed by atoms with Gasteiger partial charge in [0.1, 0.15) is 0 Å². The van der Waals surface area contributed by atoms with Crippen LogP contribution >= 0.6 is 15.9 Å². The normalized spacial score (nSPS) is 14.1. The van der Waals surface area contributed by atoms with Crippen LogP contribution in [-0.2, 0) is 11.2 Å². The molecule has 0 saturated carbocycles. The molecule has 1 aromatic rings. The molecule has 0 unspecified atom stereocenters. The molecule has 0 bridgehead atoms. The van der Waals surface area contributed by atoms with Crippen LogP contribution in [-0.4, -0.2) is 23.6 Å². The molecule has 0 radical (unpaired) electrons. The topological polar surface area (TPSA) is 37.4 Å². The summed E-state index contributed by atoms with van der Waals surface area (Å²) in [7, 11) is 0. The first-order valence-corrected chi connectivity index (χ1v) is 7.82. The molecule has 1 aliphatic rings. The van der Waals surface area contributed by atoms with Crippen molar-refractivity contribution in [2.45, 2.75) is 32.6 Å². The smallest absolute Gasteiger partial charge is 0.226 e. The van der Waals surface area contributed by atoms with Gasteiger partial charge in [-0.1, -0.05) is 22.9 Å². The van der Waals surface area contributed by atoms with E-state index in [-0.39, 0.29) is 11.7 Å². The van der Waals surface area contributed by atoms with Crippen molar-refractivity contribution < 1.29 is 9.59 Å². The highest BCUT2D eigenvalue weighted by atomic mass is 79.9. The van der Waals surface area contributed by atoms with E-state index in [0.717, 1.165) is 42.6 Å². The Kier molecular flexibility index (Phi) is 4.75. The molecule has 1 amide bonds. The van der Waals surface area contributed by atoms with Crippen LogP contribution in [0.1, 0.15) is 42.1 Å². The van der Waals surface area contributed by atoms with E-state index in [4.69, 9.17) is 0 Å². The maximum absolute atomic E-state index is 12.1. The zero-order chi connectivity index (χ0) is 13.8. The van der Waals surface area contributed by atoms with Gasteiger partial charge in [-0.3, -0.25) is 9.59 Å². The molecule has 0 aliphatic carbocycles. The fourth-order valence-corrected chi connectivity index (χ4v) is 2.78. The number of anilines is 1. The number of aryl methyl sites for hydroxylation is 1. The molecular weight excluding hydrogens is 306 g/mol. The van der Waals surface area contributed by atoms with Gasteiger partial charge in [0, 0.05) is 24.2 Å². The standard InChI is InChI=1S/C15H18BrNO2/c1-2-4-15(19)17-8-3-5-11-9-12(14(18)10-16)6-7-13(11)17/h6-7,9H,2-5,8,10H2,1H3. The second-order valence-corrected chi connectivity index (χ2v) is 5.36. The van der Waals surface area contributed by atoms with E-state index in [9.17, 15) is 9.59 Å². The molecule has 0 saturated heterocycles. The van der Waals surface area contributed by atoms with Gasteiger partial charge in [-0.15, -0.1) is 0 Å². The lowest BCUT2D eigenvalue weighted by atomic mass is 9.97. The van der Waals surface area contributed by atoms with Gasteiger partial charge in [-0.25, -0.2) is 0 Å². The number of fused-ring (bicyclic) bond motifs is 1. The van der Waals surface area contributed by atoms with Gasteiger partial charge in [0.15, 0.2) is 5.78 Å². The predicted octanol–water partition coefficient (Wildman–Crippen LogP) is 3.34. The lowest BCUT2D eigenvalue weighted by molar-refractivity contribution is -0.118. The summed E-state index contributed by atoms with van der Waals surface area (Å²) < 4.78 is 0. The zero-order valence-electron chi connectivity index (χ0n) is 11.1. The second kappa shape index (κ2) is 6.33. The summed E-state index contributed by atoms with van der Waals surface area (Å²) in [6, 6.07) is 5.67. The van der Waals surface area contributed by atoms with Crippen molar-refractivity contribution in [1.29, 1.82) is 0 Å². The Morgan fingerprint density at radius 1 is 1.37 bits per heavy atom. The summed E-state index contributed by atoms with van der Waals surface area (Å²) in [5, 5.41) is 0.338. The molecule has 1 aliphatic heterocycles. The quantitative estimate of drug-likeness (QED) is 0.629. The minimum Gasteiger partial charge on any atom is -0.312 e. The van der Waals surface area contributed by atoms with E-state index >= 15 is 0 Å². The maximum atomic E-state index is 12.1. The summed E-state index contributed by atoms with van der Waals surface area (Å²) in [6.07, 6.45) is 3.36. The average Bonchev–Trinajstić information content (AvgIpc) is 2.45. The number of halogens is 1. The molecule has 0 N–H and O–H groups in total. The summed E-state index contributed by atoms with van der Waals surface area (Å²) in [5.41, 5.74) is 2.82. The van der Waals surface area contributed by atoms with Crippen molar-refractivity contribution >= 4 is 33.3 Å². The zero-order valence-corrected chi connectivity index (χ0v) is 12.7. The Morgan fingerprint density at radius 3 is 2.84 bits per heavy atom. The largest absolute Gasteiger partial charge is 0.312 e. The molecule has 0 spiro atoms. The molecule has 1 heterocycles. The number of ketones is 1. The molecule has 0 fully saturated rings. The maximum Gasteiger partial charge on any atom is 0.226 e. The Labute approximate surface area is 122 Å². The molecule has 4 heteroatoms. The molecular formula is C15H18BrNO2. The van der Waals surface area contributed by atoms with Crippen LogP contribution in [0.2, 0.25) is 0 Å². The summed E-state index contributed by atoms with van der Waals surface area (Å²) in [5.74, 6) is 0.267. The SMILES string of the molecule is CCCC(=O)N1CCCc2cc(C(=O)CBr)ccc21. The van der Waals surface area contributed by atoms with Crippen LogP contribution < -0.4 is 4.90 Å². The highest BCUT2D eigenvalue weighted by Crippen LogP contribution is 2.29. The number of nitrogens with zero attached hydrogens (tertiary/aromatic N) is 1. The molecule has 1 aromatic carbocycles. The number of Topliss-reactive ketones (excluding diaryl/α,β-unsaturated/α-hetero) is 1. The second-order valence-electron chi connectivity index (χ2n) is 4.80. The van der Waals surface area contributed by atoms with Crippen LogP contribution in [0.5, 0.6) is 0 Å². The van der Waals surface area contributed by atoms with Gasteiger partial charge in [-0.2, -0.15) is 0 Å². The van der Waals surface area contributed by atoms with Crippen molar-refractivity contribution in [2.75, 3.05) is 16.8 Å². The third-order valence-electron chi connectivity index (χ3n) is 3.41. The van der Waals surface area contributed by atoms with Crippen molar-refractivity contribution in [1.82, 2.24) is 0 Å². The van der Waals surface area contributed by atoms with Gasteiger partial charge in [-0.05, 0) is 43.0 Å². The van der Waals surface area contributed by atoms with E-state index in [0.29, 0.717) is 11.8 Å². The number of alkyl halides is 1.